The molecule has 1 atom stereocenters. The molecule has 3 amide bonds. The lowest BCUT2D eigenvalue weighted by molar-refractivity contribution is -0.140. The lowest BCUT2D eigenvalue weighted by Gasteiger charge is -2.32. The fourth-order valence-corrected chi connectivity index (χ4v) is 5.09. The van der Waals surface area contributed by atoms with Gasteiger partial charge < -0.3 is 10.2 Å². The van der Waals surface area contributed by atoms with Crippen LogP contribution in [0.2, 0.25) is 5.02 Å². The summed E-state index contributed by atoms with van der Waals surface area (Å²) in [5.41, 5.74) is 2.91. The normalized spacial score (nSPS) is 13.0. The third-order valence-corrected chi connectivity index (χ3v) is 7.13. The number of nitrogens with one attached hydrogen (secondary N) is 1. The molecule has 0 saturated heterocycles. The largest absolute Gasteiger partial charge is 0.357 e. The van der Waals surface area contributed by atoms with Crippen molar-refractivity contribution in [2.45, 2.75) is 19.0 Å². The van der Waals surface area contributed by atoms with Gasteiger partial charge in [-0.1, -0.05) is 84.4 Å². The van der Waals surface area contributed by atoms with E-state index < -0.39 is 6.04 Å². The van der Waals surface area contributed by atoms with Crippen LogP contribution < -0.4 is 10.2 Å². The summed E-state index contributed by atoms with van der Waals surface area (Å²) in [6.45, 7) is -0.0675. The molecule has 186 valence electrons. The first-order valence-electron chi connectivity index (χ1n) is 12.1. The SMILES string of the molecule is CNC(=O)C(Cc1ccccc1)N(Cc1ccccc1Cl)C(=O)CN1C(=O)c2cccc3cccc1c23. The Morgan fingerprint density at radius 1 is 0.919 bits per heavy atom. The van der Waals surface area contributed by atoms with Gasteiger partial charge in [0.05, 0.1) is 5.69 Å². The van der Waals surface area contributed by atoms with Crippen LogP contribution >= 0.6 is 11.6 Å². The van der Waals surface area contributed by atoms with Crippen LogP contribution in [-0.4, -0.2) is 42.3 Å². The Labute approximate surface area is 220 Å². The standard InChI is InChI=1S/C30H26ClN3O3/c1-32-29(36)26(17-20-9-3-2-4-10-20)33(18-22-11-5-6-15-24(22)31)27(35)19-34-25-16-8-13-21-12-7-14-23(28(21)25)30(34)37/h2-16,26H,17-19H2,1H3,(H,32,36). The average Bonchev–Trinajstić information content (AvgIpc) is 3.19. The number of benzene rings is 4. The van der Waals surface area contributed by atoms with E-state index in [1.165, 1.54) is 9.80 Å². The van der Waals surface area contributed by atoms with Gasteiger partial charge in [0.15, 0.2) is 0 Å². The minimum Gasteiger partial charge on any atom is -0.357 e. The maximum atomic E-state index is 14.0. The molecule has 0 saturated carbocycles. The van der Waals surface area contributed by atoms with E-state index >= 15 is 0 Å². The Balaban J connectivity index is 1.51. The summed E-state index contributed by atoms with van der Waals surface area (Å²) in [6.07, 6.45) is 0.320. The molecule has 1 aliphatic rings. The monoisotopic (exact) mass is 511 g/mol. The number of carbonyl (C=O) groups excluding carboxylic acids is 3. The van der Waals surface area contributed by atoms with Crippen molar-refractivity contribution in [2.75, 3.05) is 18.5 Å². The van der Waals surface area contributed by atoms with Crippen LogP contribution in [0.25, 0.3) is 10.8 Å². The number of nitrogens with zero attached hydrogens (tertiary/aromatic N) is 2. The molecular formula is C30H26ClN3O3. The number of hydrogen-bond donors (Lipinski definition) is 1. The number of hydrogen-bond acceptors (Lipinski definition) is 3. The zero-order valence-electron chi connectivity index (χ0n) is 20.4. The third kappa shape index (κ3) is 4.80. The summed E-state index contributed by atoms with van der Waals surface area (Å²) >= 11 is 6.46. The van der Waals surface area contributed by atoms with Crippen molar-refractivity contribution in [1.82, 2.24) is 10.2 Å². The summed E-state index contributed by atoms with van der Waals surface area (Å²) in [7, 11) is 1.56. The van der Waals surface area contributed by atoms with E-state index in [9.17, 15) is 14.4 Å². The molecule has 1 aliphatic heterocycles. The van der Waals surface area contributed by atoms with Gasteiger partial charge in [-0.15, -0.1) is 0 Å². The van der Waals surface area contributed by atoms with Gasteiger partial charge >= 0.3 is 0 Å². The number of likely N-dealkylation sites (N-methyl/N-ethyl adjacent to an activating group) is 1. The van der Waals surface area contributed by atoms with E-state index in [-0.39, 0.29) is 30.8 Å². The Kier molecular flexibility index (Phi) is 6.93. The molecule has 0 aliphatic carbocycles. The second-order valence-corrected chi connectivity index (χ2v) is 9.41. The maximum absolute atomic E-state index is 14.0. The Bertz CT molecular complexity index is 1480. The van der Waals surface area contributed by atoms with Gasteiger partial charge in [-0.25, -0.2) is 0 Å². The van der Waals surface area contributed by atoms with E-state index in [2.05, 4.69) is 5.32 Å². The highest BCUT2D eigenvalue weighted by molar-refractivity contribution is 6.31. The van der Waals surface area contributed by atoms with E-state index in [1.807, 2.05) is 78.9 Å². The first-order valence-corrected chi connectivity index (χ1v) is 12.5. The number of carbonyl (C=O) groups is 3. The molecule has 4 aromatic carbocycles. The van der Waals surface area contributed by atoms with Crippen LogP contribution in [0.5, 0.6) is 0 Å². The lowest BCUT2D eigenvalue weighted by atomic mass is 10.0. The summed E-state index contributed by atoms with van der Waals surface area (Å²) in [4.78, 5) is 43.5. The molecule has 1 N–H and O–H groups in total. The maximum Gasteiger partial charge on any atom is 0.259 e. The average molecular weight is 512 g/mol. The van der Waals surface area contributed by atoms with Crippen molar-refractivity contribution >= 4 is 45.8 Å². The van der Waals surface area contributed by atoms with Gasteiger partial charge in [0, 0.05) is 36.0 Å². The quantitative estimate of drug-likeness (QED) is 0.368. The molecule has 7 heteroatoms. The number of rotatable bonds is 8. The van der Waals surface area contributed by atoms with E-state index in [1.54, 1.807) is 19.2 Å². The first-order chi connectivity index (χ1) is 18.0. The highest BCUT2D eigenvalue weighted by Crippen LogP contribution is 2.37. The van der Waals surface area contributed by atoms with Crippen LogP contribution in [-0.2, 0) is 22.6 Å². The first kappa shape index (κ1) is 24.5. The summed E-state index contributed by atoms with van der Waals surface area (Å²) in [5, 5.41) is 5.00. The highest BCUT2D eigenvalue weighted by atomic mass is 35.5. The molecule has 0 bridgehead atoms. The van der Waals surface area contributed by atoms with Gasteiger partial charge in [0.25, 0.3) is 5.91 Å². The molecule has 1 heterocycles. The predicted octanol–water partition coefficient (Wildman–Crippen LogP) is 4.84. The van der Waals surface area contributed by atoms with Crippen LogP contribution in [0.3, 0.4) is 0 Å². The second kappa shape index (κ2) is 10.4. The number of anilines is 1. The van der Waals surface area contributed by atoms with Crippen molar-refractivity contribution in [3.63, 3.8) is 0 Å². The predicted molar refractivity (Wildman–Crippen MR) is 146 cm³/mol. The van der Waals surface area contributed by atoms with Crippen LogP contribution in [0.15, 0.2) is 91.0 Å². The molecule has 37 heavy (non-hydrogen) atoms. The molecule has 0 aromatic heterocycles. The molecule has 4 aromatic rings. The molecule has 0 fully saturated rings. The highest BCUT2D eigenvalue weighted by Gasteiger charge is 2.35. The minimum atomic E-state index is -0.799. The lowest BCUT2D eigenvalue weighted by Crippen LogP contribution is -2.52. The fraction of sp³-hybridized carbons (Fsp3) is 0.167. The molecule has 5 rings (SSSR count). The third-order valence-electron chi connectivity index (χ3n) is 6.76. The van der Waals surface area contributed by atoms with Gasteiger partial charge in [0.1, 0.15) is 12.6 Å². The van der Waals surface area contributed by atoms with Crippen molar-refractivity contribution in [3.8, 4) is 0 Å². The van der Waals surface area contributed by atoms with Crippen LogP contribution in [0.1, 0.15) is 21.5 Å². The molecule has 6 nitrogen and oxygen atoms in total. The van der Waals surface area contributed by atoms with Gasteiger partial charge in [-0.05, 0) is 34.7 Å². The van der Waals surface area contributed by atoms with Crippen molar-refractivity contribution < 1.29 is 14.4 Å². The second-order valence-electron chi connectivity index (χ2n) is 9.00. The van der Waals surface area contributed by atoms with Crippen molar-refractivity contribution in [1.29, 1.82) is 0 Å². The molecule has 1 unspecified atom stereocenters. The Hall–Kier alpha value is -4.16. The van der Waals surface area contributed by atoms with Gasteiger partial charge in [0.2, 0.25) is 11.8 Å². The topological polar surface area (TPSA) is 69.7 Å². The smallest absolute Gasteiger partial charge is 0.259 e. The van der Waals surface area contributed by atoms with Crippen LogP contribution in [0, 0.1) is 0 Å². The summed E-state index contributed by atoms with van der Waals surface area (Å²) in [5.74, 6) is -0.859. The molecule has 0 radical (unpaired) electrons. The van der Waals surface area contributed by atoms with Gasteiger partial charge in [-0.3, -0.25) is 19.3 Å². The molecule has 0 spiro atoms. The summed E-state index contributed by atoms with van der Waals surface area (Å²) in [6, 6.07) is 27.3. The van der Waals surface area contributed by atoms with E-state index in [4.69, 9.17) is 11.6 Å². The zero-order valence-corrected chi connectivity index (χ0v) is 21.1. The Morgan fingerprint density at radius 2 is 1.62 bits per heavy atom. The number of amides is 3. The fourth-order valence-electron chi connectivity index (χ4n) is 4.89. The Morgan fingerprint density at radius 3 is 2.35 bits per heavy atom. The zero-order chi connectivity index (χ0) is 25.9. The van der Waals surface area contributed by atoms with Crippen LogP contribution in [0.4, 0.5) is 5.69 Å². The van der Waals surface area contributed by atoms with Crippen molar-refractivity contribution in [3.05, 3.63) is 113 Å². The van der Waals surface area contributed by atoms with Crippen molar-refractivity contribution in [2.24, 2.45) is 0 Å². The molecular weight excluding hydrogens is 486 g/mol. The number of halogens is 1. The van der Waals surface area contributed by atoms with E-state index in [0.717, 1.165) is 21.9 Å². The van der Waals surface area contributed by atoms with E-state index in [0.29, 0.717) is 22.7 Å². The minimum absolute atomic E-state index is 0.128. The van der Waals surface area contributed by atoms with Gasteiger partial charge in [-0.2, -0.15) is 0 Å². The summed E-state index contributed by atoms with van der Waals surface area (Å²) < 4.78 is 0.